The van der Waals surface area contributed by atoms with E-state index in [0.717, 1.165) is 21.1 Å². The third-order valence-electron chi connectivity index (χ3n) is 5.07. The number of carbonyl (C=O) groups is 1. The number of aromatic nitrogens is 2. The number of carbonyl (C=O) groups excluding carboxylic acids is 1. The number of ether oxygens (including phenoxy) is 1. The molecule has 0 radical (unpaired) electrons. The second-order valence-electron chi connectivity index (χ2n) is 7.54. The average molecular weight is 462 g/mol. The summed E-state index contributed by atoms with van der Waals surface area (Å²) < 4.78 is 33.2. The maximum absolute atomic E-state index is 12.7. The van der Waals surface area contributed by atoms with E-state index in [1.807, 2.05) is 66.9 Å². The van der Waals surface area contributed by atoms with Crippen LogP contribution in [0.3, 0.4) is 0 Å². The summed E-state index contributed by atoms with van der Waals surface area (Å²) in [4.78, 5) is 12.8. The molecule has 0 aliphatic carbocycles. The van der Waals surface area contributed by atoms with E-state index in [9.17, 15) is 13.2 Å². The zero-order valence-electron chi connectivity index (χ0n) is 18.3. The molecule has 4 aromatic rings. The monoisotopic (exact) mass is 461 g/mol. The van der Waals surface area contributed by atoms with Gasteiger partial charge in [0, 0.05) is 31.4 Å². The van der Waals surface area contributed by atoms with Crippen molar-refractivity contribution in [1.82, 2.24) is 14.1 Å². The van der Waals surface area contributed by atoms with Gasteiger partial charge in [-0.05, 0) is 30.3 Å². The molecule has 0 unspecified atom stereocenters. The van der Waals surface area contributed by atoms with Crippen molar-refractivity contribution >= 4 is 16.0 Å². The topological polar surface area (TPSA) is 81.5 Å². The molecular formula is C25H23N3O4S. The van der Waals surface area contributed by atoms with Gasteiger partial charge in [0.2, 0.25) is 10.0 Å². The van der Waals surface area contributed by atoms with Crippen LogP contribution in [0.2, 0.25) is 0 Å². The van der Waals surface area contributed by atoms with Gasteiger partial charge in [-0.15, -0.1) is 0 Å². The van der Waals surface area contributed by atoms with Crippen molar-refractivity contribution in [3.8, 4) is 16.9 Å². The van der Waals surface area contributed by atoms with Crippen molar-refractivity contribution in [1.29, 1.82) is 0 Å². The Kier molecular flexibility index (Phi) is 6.39. The van der Waals surface area contributed by atoms with Crippen molar-refractivity contribution in [2.75, 3.05) is 14.1 Å². The van der Waals surface area contributed by atoms with E-state index < -0.39 is 16.0 Å². The lowest BCUT2D eigenvalue weighted by Gasteiger charge is -2.12. The van der Waals surface area contributed by atoms with Crippen LogP contribution in [0, 0.1) is 0 Å². The minimum atomic E-state index is -3.66. The van der Waals surface area contributed by atoms with Crippen molar-refractivity contribution in [2.45, 2.75) is 11.5 Å². The predicted octanol–water partition coefficient (Wildman–Crippen LogP) is 4.15. The largest absolute Gasteiger partial charge is 0.457 e. The molecule has 0 aliphatic heterocycles. The first kappa shape index (κ1) is 22.4. The lowest BCUT2D eigenvalue weighted by molar-refractivity contribution is 0.0473. The summed E-state index contributed by atoms with van der Waals surface area (Å²) in [5.74, 6) is -0.614. The molecule has 1 heterocycles. The molecule has 0 bridgehead atoms. The SMILES string of the molecule is CN(C)S(=O)(=O)c1cccc(C(=O)OCc2cn(-c3ccccc3)nc2-c2ccccc2)c1. The first-order valence-electron chi connectivity index (χ1n) is 10.3. The highest BCUT2D eigenvalue weighted by molar-refractivity contribution is 7.89. The van der Waals surface area contributed by atoms with E-state index in [-0.39, 0.29) is 17.1 Å². The fourth-order valence-electron chi connectivity index (χ4n) is 3.29. The Morgan fingerprint density at radius 3 is 2.27 bits per heavy atom. The first-order chi connectivity index (χ1) is 15.9. The Morgan fingerprint density at radius 2 is 1.61 bits per heavy atom. The van der Waals surface area contributed by atoms with Gasteiger partial charge in [-0.3, -0.25) is 0 Å². The molecule has 4 rings (SSSR count). The van der Waals surface area contributed by atoms with Crippen LogP contribution >= 0.6 is 0 Å². The quantitative estimate of drug-likeness (QED) is 0.386. The average Bonchev–Trinajstić information content (AvgIpc) is 3.28. The molecule has 1 aromatic heterocycles. The minimum absolute atomic E-state index is 0.0133. The van der Waals surface area contributed by atoms with E-state index in [2.05, 4.69) is 0 Å². The van der Waals surface area contributed by atoms with Gasteiger partial charge in [0.15, 0.2) is 0 Å². The maximum atomic E-state index is 12.7. The number of esters is 1. The number of hydrogen-bond donors (Lipinski definition) is 0. The van der Waals surface area contributed by atoms with Gasteiger partial charge in [0.25, 0.3) is 0 Å². The lowest BCUT2D eigenvalue weighted by atomic mass is 10.1. The minimum Gasteiger partial charge on any atom is -0.457 e. The van der Waals surface area contributed by atoms with Gasteiger partial charge < -0.3 is 4.74 Å². The molecule has 0 N–H and O–H groups in total. The first-order valence-corrected chi connectivity index (χ1v) is 11.7. The van der Waals surface area contributed by atoms with Gasteiger partial charge in [0.1, 0.15) is 6.61 Å². The van der Waals surface area contributed by atoms with Crippen molar-refractivity contribution in [3.05, 3.63) is 102 Å². The van der Waals surface area contributed by atoms with Crippen LogP contribution in [-0.2, 0) is 21.4 Å². The Labute approximate surface area is 192 Å². The smallest absolute Gasteiger partial charge is 0.338 e. The molecule has 7 nitrogen and oxygen atoms in total. The Morgan fingerprint density at radius 1 is 0.939 bits per heavy atom. The summed E-state index contributed by atoms with van der Waals surface area (Å²) >= 11 is 0. The predicted molar refractivity (Wildman–Crippen MR) is 125 cm³/mol. The number of rotatable bonds is 7. The number of para-hydroxylation sites is 1. The van der Waals surface area contributed by atoms with Crippen LogP contribution in [0.15, 0.2) is 96.0 Å². The third kappa shape index (κ3) is 4.87. The summed E-state index contributed by atoms with van der Waals surface area (Å²) in [7, 11) is -0.777. The number of nitrogens with zero attached hydrogens (tertiary/aromatic N) is 3. The lowest BCUT2D eigenvalue weighted by Crippen LogP contribution is -2.22. The summed E-state index contributed by atoms with van der Waals surface area (Å²) in [6, 6.07) is 25.1. The van der Waals surface area contributed by atoms with Crippen LogP contribution in [0.5, 0.6) is 0 Å². The molecule has 3 aromatic carbocycles. The van der Waals surface area contributed by atoms with Gasteiger partial charge in [0.05, 0.1) is 21.8 Å². The molecule has 0 aliphatic rings. The van der Waals surface area contributed by atoms with Crippen molar-refractivity contribution < 1.29 is 17.9 Å². The molecule has 0 atom stereocenters. The van der Waals surface area contributed by atoms with Crippen LogP contribution < -0.4 is 0 Å². The van der Waals surface area contributed by atoms with Gasteiger partial charge in [-0.25, -0.2) is 22.2 Å². The third-order valence-corrected chi connectivity index (χ3v) is 6.88. The van der Waals surface area contributed by atoms with Crippen molar-refractivity contribution in [3.63, 3.8) is 0 Å². The standard InChI is InChI=1S/C25H23N3O4S/c1-27(2)33(30,31)23-15-9-12-20(16-23)25(29)32-18-21-17-28(22-13-7-4-8-14-22)26-24(21)19-10-5-3-6-11-19/h3-17H,18H2,1-2H3. The fourth-order valence-corrected chi connectivity index (χ4v) is 4.24. The molecule has 0 saturated carbocycles. The molecule has 168 valence electrons. The maximum Gasteiger partial charge on any atom is 0.338 e. The molecule has 33 heavy (non-hydrogen) atoms. The molecule has 0 fully saturated rings. The summed E-state index contributed by atoms with van der Waals surface area (Å²) in [5.41, 5.74) is 3.38. The zero-order valence-corrected chi connectivity index (χ0v) is 19.1. The Balaban J connectivity index is 1.61. The second kappa shape index (κ2) is 9.40. The Hall–Kier alpha value is -3.75. The van der Waals surface area contributed by atoms with E-state index in [1.165, 1.54) is 38.4 Å². The van der Waals surface area contributed by atoms with Gasteiger partial charge in [-0.1, -0.05) is 54.6 Å². The molecule has 0 amide bonds. The summed E-state index contributed by atoms with van der Waals surface area (Å²) in [6.45, 7) is -0.0133. The van der Waals surface area contributed by atoms with E-state index in [0.29, 0.717) is 5.69 Å². The van der Waals surface area contributed by atoms with E-state index in [1.54, 1.807) is 4.68 Å². The van der Waals surface area contributed by atoms with Crippen LogP contribution in [0.4, 0.5) is 0 Å². The number of hydrogen-bond acceptors (Lipinski definition) is 5. The zero-order chi connectivity index (χ0) is 23.4. The molecule has 8 heteroatoms. The highest BCUT2D eigenvalue weighted by Crippen LogP contribution is 2.25. The molecule has 0 spiro atoms. The number of sulfonamides is 1. The molecular weight excluding hydrogens is 438 g/mol. The number of benzene rings is 3. The normalized spacial score (nSPS) is 11.5. The van der Waals surface area contributed by atoms with Crippen LogP contribution in [-0.4, -0.2) is 42.6 Å². The highest BCUT2D eigenvalue weighted by atomic mass is 32.2. The highest BCUT2D eigenvalue weighted by Gasteiger charge is 2.20. The van der Waals surface area contributed by atoms with E-state index in [4.69, 9.17) is 9.84 Å². The second-order valence-corrected chi connectivity index (χ2v) is 9.69. The van der Waals surface area contributed by atoms with E-state index >= 15 is 0 Å². The van der Waals surface area contributed by atoms with Crippen molar-refractivity contribution in [2.24, 2.45) is 0 Å². The fraction of sp³-hybridized carbons (Fsp3) is 0.120. The molecule has 0 saturated heterocycles. The summed E-state index contributed by atoms with van der Waals surface area (Å²) in [5, 5.41) is 4.71. The van der Waals surface area contributed by atoms with Gasteiger partial charge in [-0.2, -0.15) is 5.10 Å². The van der Waals surface area contributed by atoms with Crippen LogP contribution in [0.25, 0.3) is 16.9 Å². The Bertz CT molecular complexity index is 1370. The van der Waals surface area contributed by atoms with Gasteiger partial charge >= 0.3 is 5.97 Å². The van der Waals surface area contributed by atoms with Crippen LogP contribution in [0.1, 0.15) is 15.9 Å². The summed E-state index contributed by atoms with van der Waals surface area (Å²) in [6.07, 6.45) is 1.83.